The van der Waals surface area contributed by atoms with Gasteiger partial charge in [0.25, 0.3) is 0 Å². The normalized spacial score (nSPS) is 22.6. The molecule has 0 saturated carbocycles. The third-order valence-corrected chi connectivity index (χ3v) is 3.78. The van der Waals surface area contributed by atoms with Crippen molar-refractivity contribution in [2.24, 2.45) is 5.73 Å². The first-order valence-electron chi connectivity index (χ1n) is 7.41. The number of β-amino-alcohol motifs (C(OH)–C–C–N with tert-alkyl or cyclic N) is 1. The molecule has 4 N–H and O–H groups in total. The number of pyridine rings is 1. The van der Waals surface area contributed by atoms with Gasteiger partial charge >= 0.3 is 0 Å². The van der Waals surface area contributed by atoms with Crippen molar-refractivity contribution in [1.29, 1.82) is 0 Å². The molecule has 1 aromatic heterocycles. The molecule has 2 unspecified atom stereocenters. The number of rotatable bonds is 3. The molecule has 2 heterocycles. The van der Waals surface area contributed by atoms with E-state index in [-0.39, 0.29) is 18.5 Å². The van der Waals surface area contributed by atoms with Crippen molar-refractivity contribution in [3.8, 4) is 0 Å². The third kappa shape index (κ3) is 3.59. The van der Waals surface area contributed by atoms with E-state index in [2.05, 4.69) is 10.3 Å². The number of fused-ring (bicyclic) bond motifs is 1. The van der Waals surface area contributed by atoms with Gasteiger partial charge in [-0.25, -0.2) is 0 Å². The quantitative estimate of drug-likeness (QED) is 0.771. The Kier molecular flexibility index (Phi) is 4.33. The first-order chi connectivity index (χ1) is 10.6. The van der Waals surface area contributed by atoms with Gasteiger partial charge in [0.1, 0.15) is 0 Å². The Hall–Kier alpha value is -2.02. The van der Waals surface area contributed by atoms with Gasteiger partial charge < -0.3 is 16.2 Å². The zero-order valence-corrected chi connectivity index (χ0v) is 12.3. The zero-order valence-electron chi connectivity index (χ0n) is 12.3. The number of carbonyl (C=O) groups excluding carboxylic acids is 1. The summed E-state index contributed by atoms with van der Waals surface area (Å²) in [4.78, 5) is 18.3. The molecule has 0 bridgehead atoms. The van der Waals surface area contributed by atoms with Crippen LogP contribution in [0.3, 0.4) is 0 Å². The minimum absolute atomic E-state index is 0.0844. The highest BCUT2D eigenvalue weighted by molar-refractivity contribution is 5.94. The lowest BCUT2D eigenvalue weighted by Gasteiger charge is -2.33. The maximum absolute atomic E-state index is 12.1. The molecule has 1 amide bonds. The van der Waals surface area contributed by atoms with Crippen molar-refractivity contribution < 1.29 is 9.90 Å². The fraction of sp³-hybridized carbons (Fsp3) is 0.375. The molecule has 1 aliphatic rings. The number of hydrogen-bond acceptors (Lipinski definition) is 5. The van der Waals surface area contributed by atoms with Crippen LogP contribution in [0.15, 0.2) is 36.5 Å². The van der Waals surface area contributed by atoms with Crippen LogP contribution in [0.5, 0.6) is 0 Å². The summed E-state index contributed by atoms with van der Waals surface area (Å²) < 4.78 is 0. The number of carbonyl (C=O) groups is 1. The van der Waals surface area contributed by atoms with Gasteiger partial charge in [0, 0.05) is 24.5 Å². The summed E-state index contributed by atoms with van der Waals surface area (Å²) in [7, 11) is 0. The fourth-order valence-corrected chi connectivity index (χ4v) is 2.87. The van der Waals surface area contributed by atoms with Gasteiger partial charge in [-0.3, -0.25) is 14.7 Å². The first kappa shape index (κ1) is 14.9. The van der Waals surface area contributed by atoms with Crippen molar-refractivity contribution in [2.75, 3.05) is 25.0 Å². The lowest BCUT2D eigenvalue weighted by Crippen LogP contribution is -2.51. The molecule has 116 valence electrons. The number of likely N-dealkylation sites (tertiary alicyclic amines) is 1. The average Bonchev–Trinajstić information content (AvgIpc) is 2.45. The van der Waals surface area contributed by atoms with Gasteiger partial charge in [-0.1, -0.05) is 18.2 Å². The Morgan fingerprint density at radius 1 is 1.41 bits per heavy atom. The van der Waals surface area contributed by atoms with E-state index >= 15 is 0 Å². The van der Waals surface area contributed by atoms with Crippen LogP contribution in [0.4, 0.5) is 5.69 Å². The highest BCUT2D eigenvalue weighted by Crippen LogP contribution is 2.16. The van der Waals surface area contributed by atoms with Gasteiger partial charge in [-0.2, -0.15) is 0 Å². The number of nitrogens with zero attached hydrogens (tertiary/aromatic N) is 2. The summed E-state index contributed by atoms with van der Waals surface area (Å²) in [5.41, 5.74) is 7.43. The molecule has 0 radical (unpaired) electrons. The summed E-state index contributed by atoms with van der Waals surface area (Å²) in [6, 6.07) is 9.57. The van der Waals surface area contributed by atoms with Crippen LogP contribution < -0.4 is 11.1 Å². The fourth-order valence-electron chi connectivity index (χ4n) is 2.87. The number of piperidine rings is 1. The monoisotopic (exact) mass is 300 g/mol. The molecular formula is C16H20N4O2. The van der Waals surface area contributed by atoms with E-state index in [1.165, 1.54) is 0 Å². The Balaban J connectivity index is 1.63. The Bertz CT molecular complexity index is 666. The van der Waals surface area contributed by atoms with Crippen molar-refractivity contribution in [2.45, 2.75) is 18.6 Å². The molecule has 0 aliphatic carbocycles. The van der Waals surface area contributed by atoms with Crippen LogP contribution in [0.25, 0.3) is 10.9 Å². The van der Waals surface area contributed by atoms with E-state index in [1.807, 2.05) is 35.2 Å². The smallest absolute Gasteiger partial charge is 0.238 e. The molecule has 2 atom stereocenters. The second kappa shape index (κ2) is 6.39. The Morgan fingerprint density at radius 2 is 2.23 bits per heavy atom. The molecule has 22 heavy (non-hydrogen) atoms. The predicted molar refractivity (Wildman–Crippen MR) is 85.4 cm³/mol. The Labute approximate surface area is 128 Å². The summed E-state index contributed by atoms with van der Waals surface area (Å²) >= 11 is 0. The molecule has 3 rings (SSSR count). The minimum atomic E-state index is -0.459. The van der Waals surface area contributed by atoms with Crippen LogP contribution >= 0.6 is 0 Å². The van der Waals surface area contributed by atoms with E-state index in [9.17, 15) is 9.90 Å². The number of para-hydroxylation sites is 1. The highest BCUT2D eigenvalue weighted by atomic mass is 16.3. The number of amides is 1. The SMILES string of the molecule is NC1CC(O)CN(CC(=O)Nc2cnc3ccccc3c2)C1. The number of aliphatic hydroxyl groups is 1. The maximum atomic E-state index is 12.1. The number of nitrogens with one attached hydrogen (secondary N) is 1. The molecule has 6 heteroatoms. The van der Waals surface area contributed by atoms with E-state index in [0.717, 1.165) is 10.9 Å². The topological polar surface area (TPSA) is 91.5 Å². The molecular weight excluding hydrogens is 280 g/mol. The zero-order chi connectivity index (χ0) is 15.5. The second-order valence-electron chi connectivity index (χ2n) is 5.81. The molecule has 2 aromatic rings. The third-order valence-electron chi connectivity index (χ3n) is 3.78. The summed E-state index contributed by atoms with van der Waals surface area (Å²) in [6.07, 6.45) is 1.78. The largest absolute Gasteiger partial charge is 0.392 e. The van der Waals surface area contributed by atoms with E-state index in [4.69, 9.17) is 5.73 Å². The molecule has 1 fully saturated rings. The number of nitrogens with two attached hydrogens (primary N) is 1. The van der Waals surface area contributed by atoms with Crippen LogP contribution in [0.2, 0.25) is 0 Å². The predicted octanol–water partition coefficient (Wildman–Crippen LogP) is 0.567. The van der Waals surface area contributed by atoms with E-state index < -0.39 is 6.10 Å². The molecule has 1 saturated heterocycles. The van der Waals surface area contributed by atoms with E-state index in [1.54, 1.807) is 6.20 Å². The summed E-state index contributed by atoms with van der Waals surface area (Å²) in [5.74, 6) is -0.126. The number of anilines is 1. The van der Waals surface area contributed by atoms with Crippen LogP contribution in [-0.2, 0) is 4.79 Å². The van der Waals surface area contributed by atoms with Crippen molar-refractivity contribution in [1.82, 2.24) is 9.88 Å². The standard InChI is InChI=1S/C16H20N4O2/c17-12-6-14(21)9-20(8-12)10-16(22)19-13-5-11-3-1-2-4-15(11)18-7-13/h1-5,7,12,14,21H,6,8-10,17H2,(H,19,22). The Morgan fingerprint density at radius 3 is 3.05 bits per heavy atom. The first-order valence-corrected chi connectivity index (χ1v) is 7.41. The van der Waals surface area contributed by atoms with Gasteiger partial charge in [-0.15, -0.1) is 0 Å². The number of aliphatic hydroxyl groups excluding tert-OH is 1. The highest BCUT2D eigenvalue weighted by Gasteiger charge is 2.24. The number of benzene rings is 1. The van der Waals surface area contributed by atoms with Crippen molar-refractivity contribution in [3.63, 3.8) is 0 Å². The van der Waals surface area contributed by atoms with E-state index in [0.29, 0.717) is 25.2 Å². The maximum Gasteiger partial charge on any atom is 0.238 e. The molecule has 0 spiro atoms. The average molecular weight is 300 g/mol. The van der Waals surface area contributed by atoms with Crippen LogP contribution in [0, 0.1) is 0 Å². The van der Waals surface area contributed by atoms with Gasteiger partial charge in [0.05, 0.1) is 30.0 Å². The minimum Gasteiger partial charge on any atom is -0.392 e. The summed E-state index contributed by atoms with van der Waals surface area (Å²) in [6.45, 7) is 1.33. The molecule has 1 aromatic carbocycles. The summed E-state index contributed by atoms with van der Waals surface area (Å²) in [5, 5.41) is 13.5. The molecule has 1 aliphatic heterocycles. The van der Waals surface area contributed by atoms with Crippen molar-refractivity contribution in [3.05, 3.63) is 36.5 Å². The lowest BCUT2D eigenvalue weighted by molar-refractivity contribution is -0.118. The lowest BCUT2D eigenvalue weighted by atomic mass is 10.0. The van der Waals surface area contributed by atoms with Crippen LogP contribution in [-0.4, -0.2) is 52.7 Å². The van der Waals surface area contributed by atoms with Gasteiger partial charge in [0.15, 0.2) is 0 Å². The van der Waals surface area contributed by atoms with Crippen molar-refractivity contribution >= 4 is 22.5 Å². The number of hydrogen-bond donors (Lipinski definition) is 3. The van der Waals surface area contributed by atoms with Gasteiger partial charge in [-0.05, 0) is 18.6 Å². The second-order valence-corrected chi connectivity index (χ2v) is 5.81. The number of aromatic nitrogens is 1. The van der Waals surface area contributed by atoms with Gasteiger partial charge in [0.2, 0.25) is 5.91 Å². The van der Waals surface area contributed by atoms with Crippen LogP contribution in [0.1, 0.15) is 6.42 Å². The molecule has 6 nitrogen and oxygen atoms in total.